The molecule has 0 heterocycles. The largest absolute Gasteiger partial charge is 0.508 e. The molecule has 0 saturated carbocycles. The number of benzene rings is 2. The monoisotopic (exact) mass is 564 g/mol. The lowest BCUT2D eigenvalue weighted by Crippen LogP contribution is -2.03. The lowest BCUT2D eigenvalue weighted by Gasteiger charge is -1.98. The van der Waals surface area contributed by atoms with Crippen molar-refractivity contribution in [3.63, 3.8) is 0 Å². The molecule has 0 radical (unpaired) electrons. The third-order valence-electron chi connectivity index (χ3n) is 3.50. The van der Waals surface area contributed by atoms with Crippen LogP contribution in [-0.2, 0) is 24.0 Å². The minimum atomic E-state index is -1.31. The van der Waals surface area contributed by atoms with Crippen molar-refractivity contribution in [2.24, 2.45) is 0 Å². The van der Waals surface area contributed by atoms with Gasteiger partial charge in [-0.25, -0.2) is 4.79 Å². The number of aldehydes is 1. The second kappa shape index (κ2) is 27.9. The molecule has 0 aliphatic heterocycles. The van der Waals surface area contributed by atoms with Gasteiger partial charge in [0.1, 0.15) is 24.2 Å². The fourth-order valence-electron chi connectivity index (χ4n) is 1.90. The van der Waals surface area contributed by atoms with Gasteiger partial charge in [0.15, 0.2) is 0 Å². The highest BCUT2D eigenvalue weighted by Gasteiger charge is 2.01. The van der Waals surface area contributed by atoms with Crippen LogP contribution >= 0.6 is 0 Å². The molecule has 0 fully saturated rings. The van der Waals surface area contributed by atoms with Crippen LogP contribution in [0.2, 0.25) is 0 Å². The third kappa shape index (κ3) is 28.5. The number of carboxylic acids is 3. The van der Waals surface area contributed by atoms with E-state index >= 15 is 0 Å². The fraction of sp³-hybridized carbons (Fsp3) is 0.148. The van der Waals surface area contributed by atoms with Crippen LogP contribution in [0, 0.1) is 38.0 Å². The molecule has 0 spiro atoms. The number of carboxylic acid groups (broad SMARTS) is 3. The smallest absolute Gasteiger partial charge is 0.373 e. The zero-order valence-corrected chi connectivity index (χ0v) is 21.9. The van der Waals surface area contributed by atoms with Gasteiger partial charge in [0.25, 0.3) is 0 Å². The summed E-state index contributed by atoms with van der Waals surface area (Å²) in [7, 11) is 0. The van der Waals surface area contributed by atoms with Crippen LogP contribution in [0.1, 0.15) is 41.8 Å². The lowest BCUT2D eigenvalue weighted by atomic mass is 10.1. The summed E-state index contributed by atoms with van der Waals surface area (Å²) in [5.41, 5.74) is 2.81. The highest BCUT2D eigenvalue weighted by Crippen LogP contribution is 2.17. The van der Waals surface area contributed by atoms with E-state index in [1.165, 1.54) is 18.2 Å². The van der Waals surface area contributed by atoms with Crippen molar-refractivity contribution in [2.75, 3.05) is 0 Å². The van der Waals surface area contributed by atoms with E-state index in [2.05, 4.69) is 17.8 Å². The maximum absolute atomic E-state index is 10.2. The Morgan fingerprint density at radius 3 is 1.55 bits per heavy atom. The van der Waals surface area contributed by atoms with Gasteiger partial charge in [-0.1, -0.05) is 12.0 Å². The second-order valence-corrected chi connectivity index (χ2v) is 6.45. The summed E-state index contributed by atoms with van der Waals surface area (Å²) >= 11 is 0. The molecule has 0 atom stereocenters. The molecule has 2 aromatic rings. The summed E-state index contributed by atoms with van der Waals surface area (Å²) in [5.74, 6) is 3.91. The Labute approximate surface area is 231 Å². The molecule has 0 aliphatic rings. The Morgan fingerprint density at radius 1 is 0.900 bits per heavy atom. The molecule has 10 N–H and O–H groups in total. The number of hydrogen-bond acceptors (Lipinski definition) is 9. The maximum Gasteiger partial charge on any atom is 0.373 e. The van der Waals surface area contributed by atoms with Crippen LogP contribution in [0.4, 0.5) is 0 Å². The number of terminal acetylenes is 1. The van der Waals surface area contributed by atoms with Gasteiger partial charge in [-0.05, 0) is 85.7 Å². The van der Waals surface area contributed by atoms with E-state index in [1.807, 2.05) is 0 Å². The number of hydrogen-bond donors (Lipinski definition) is 6. The average molecular weight is 565 g/mol. The molecule has 40 heavy (non-hydrogen) atoms. The predicted molar refractivity (Wildman–Crippen MR) is 146 cm³/mol. The summed E-state index contributed by atoms with van der Waals surface area (Å²) in [5, 5.41) is 42.0. The van der Waals surface area contributed by atoms with Crippen molar-refractivity contribution in [1.82, 2.24) is 6.15 Å². The summed E-state index contributed by atoms with van der Waals surface area (Å²) in [6.07, 6.45) is 7.46. The topological polar surface area (TPSA) is 270 Å². The molecule has 0 aliphatic carbocycles. The van der Waals surface area contributed by atoms with Gasteiger partial charge in [0, 0.05) is 13.1 Å². The van der Waals surface area contributed by atoms with E-state index in [4.69, 9.17) is 36.4 Å². The van der Waals surface area contributed by atoms with Crippen molar-refractivity contribution >= 4 is 36.4 Å². The van der Waals surface area contributed by atoms with Crippen molar-refractivity contribution in [3.05, 3.63) is 64.7 Å². The van der Waals surface area contributed by atoms with Gasteiger partial charge < -0.3 is 37.2 Å². The maximum atomic E-state index is 10.2. The van der Waals surface area contributed by atoms with Crippen LogP contribution in [-0.4, -0.2) is 61.4 Å². The highest BCUT2D eigenvalue weighted by molar-refractivity contribution is 5.88. The first-order valence-corrected chi connectivity index (χ1v) is 10.0. The summed E-state index contributed by atoms with van der Waals surface area (Å²) in [6, 6.07) is 9.64. The molecular formula is C27H33NO12. The molecule has 13 nitrogen and oxygen atoms in total. The van der Waals surface area contributed by atoms with Crippen LogP contribution < -0.4 is 6.15 Å². The van der Waals surface area contributed by atoms with Gasteiger partial charge in [-0.15, -0.1) is 6.42 Å². The number of rotatable bonds is 5. The zero-order chi connectivity index (χ0) is 30.1. The molecule has 0 bridgehead atoms. The minimum absolute atomic E-state index is 0. The summed E-state index contributed by atoms with van der Waals surface area (Å²) < 4.78 is 0. The van der Waals surface area contributed by atoms with Gasteiger partial charge in [0.05, 0.1) is 0 Å². The van der Waals surface area contributed by atoms with Crippen LogP contribution in [0.5, 0.6) is 11.5 Å². The fourth-order valence-corrected chi connectivity index (χ4v) is 1.90. The average Bonchev–Trinajstić information content (AvgIpc) is 2.83. The molecule has 0 amide bonds. The van der Waals surface area contributed by atoms with Crippen LogP contribution in [0.15, 0.2) is 42.5 Å². The molecule has 2 aromatic carbocycles. The molecule has 218 valence electrons. The summed E-state index contributed by atoms with van der Waals surface area (Å²) in [4.78, 5) is 55.5. The number of aryl methyl sites for hydroxylation is 2. The van der Waals surface area contributed by atoms with E-state index in [0.29, 0.717) is 5.56 Å². The van der Waals surface area contributed by atoms with Crippen LogP contribution in [0.3, 0.4) is 0 Å². The standard InChI is InChI=1S/C10H10O3.C8H8O2.C5H4.C3H4O4.CO2.H3N.H2O.H2/c1-7-6-8(2-4-9(7)11)3-5-10(12)13;1-6-4-7(5-9)2-3-8(6)10;1-3-5-4-2;4-2(5)1-3(6)7;2-1-3;;;/h2-6,11H,1H3,(H,12,13);2-5,10H,1H3;1H,2H3;1H2,(H,4,5)(H,6,7);;1H3;1H2;1H/i;;;;;;;1+1. The van der Waals surface area contributed by atoms with E-state index in [0.717, 1.165) is 29.1 Å². The molecule has 0 aromatic heterocycles. The minimum Gasteiger partial charge on any atom is -0.508 e. The van der Waals surface area contributed by atoms with Crippen molar-refractivity contribution < 1.29 is 61.2 Å². The SMILES string of the molecule is C#CC#CC.Cc1cc(C=CC(=O)O)ccc1O.Cc1cc(C=O)ccc1O.N.O.O=C(O)CC(=O)O.O=C=O.[2HH]. The van der Waals surface area contributed by atoms with E-state index < -0.39 is 24.3 Å². The predicted octanol–water partition coefficient (Wildman–Crippen LogP) is 2.50. The molecule has 13 heteroatoms. The number of phenols is 2. The number of aliphatic carboxylic acids is 3. The molecule has 0 saturated heterocycles. The van der Waals surface area contributed by atoms with Crippen molar-refractivity contribution in [2.45, 2.75) is 27.2 Å². The Kier molecular flexibility index (Phi) is 30.8. The van der Waals surface area contributed by atoms with Crippen molar-refractivity contribution in [3.8, 4) is 35.7 Å². The number of aromatic hydroxyl groups is 2. The van der Waals surface area contributed by atoms with Gasteiger partial charge in [0.2, 0.25) is 0 Å². The van der Waals surface area contributed by atoms with Gasteiger partial charge in [-0.2, -0.15) is 9.59 Å². The first-order valence-electron chi connectivity index (χ1n) is 10.0. The highest BCUT2D eigenvalue weighted by atomic mass is 16.4. The Balaban J connectivity index is -0.0000000986. The van der Waals surface area contributed by atoms with Gasteiger partial charge >= 0.3 is 24.1 Å². The number of phenolic OH excluding ortho intramolecular Hbond substituents is 2. The normalized spacial score (nSPS) is 7.75. The third-order valence-corrected chi connectivity index (χ3v) is 3.50. The van der Waals surface area contributed by atoms with Gasteiger partial charge in [-0.3, -0.25) is 14.4 Å². The van der Waals surface area contributed by atoms with E-state index in [9.17, 15) is 24.3 Å². The number of carbonyl (C=O) groups excluding carboxylic acids is 3. The summed E-state index contributed by atoms with van der Waals surface area (Å²) in [6.45, 7) is 5.22. The Bertz CT molecular complexity index is 1240. The van der Waals surface area contributed by atoms with Crippen molar-refractivity contribution in [1.29, 1.82) is 0 Å². The quantitative estimate of drug-likeness (QED) is 0.132. The van der Waals surface area contributed by atoms with E-state index in [1.54, 1.807) is 45.0 Å². The first kappa shape index (κ1) is 44.3. The molecule has 0 unspecified atom stereocenters. The lowest BCUT2D eigenvalue weighted by molar-refractivity contribution is -0.191. The van der Waals surface area contributed by atoms with E-state index in [-0.39, 0.29) is 30.7 Å². The number of carbonyl (C=O) groups is 4. The van der Waals surface area contributed by atoms with Crippen LogP contribution in [0.25, 0.3) is 6.08 Å². The molecule has 2 rings (SSSR count). The first-order chi connectivity index (χ1) is 17.8. The zero-order valence-electron chi connectivity index (χ0n) is 21.9. The second-order valence-electron chi connectivity index (χ2n) is 6.45. The Hall–Kier alpha value is -5.72. The molecular weight excluding hydrogens is 530 g/mol. The Morgan fingerprint density at radius 2 is 1.30 bits per heavy atom.